The highest BCUT2D eigenvalue weighted by molar-refractivity contribution is 7.89. The summed E-state index contributed by atoms with van der Waals surface area (Å²) < 4.78 is 25.0. The fraction of sp³-hybridized carbons (Fsp3) is 0.500. The van der Waals surface area contributed by atoms with Gasteiger partial charge in [0, 0.05) is 19.3 Å². The van der Waals surface area contributed by atoms with Crippen molar-refractivity contribution in [2.45, 2.75) is 13.8 Å². The molecule has 0 saturated carbocycles. The van der Waals surface area contributed by atoms with Crippen molar-refractivity contribution in [1.29, 1.82) is 0 Å². The van der Waals surface area contributed by atoms with E-state index in [1.165, 1.54) is 0 Å². The van der Waals surface area contributed by atoms with Crippen LogP contribution in [0.3, 0.4) is 0 Å². The SMILES string of the molecule is CCNS(=O)(=O)CCNc1ccc(C)cn1. The van der Waals surface area contributed by atoms with Crippen LogP contribution in [-0.2, 0) is 10.0 Å². The Kier molecular flexibility index (Phi) is 4.70. The Morgan fingerprint density at radius 1 is 1.38 bits per heavy atom. The second-order valence-corrected chi connectivity index (χ2v) is 5.39. The summed E-state index contributed by atoms with van der Waals surface area (Å²) in [7, 11) is -3.15. The maximum atomic E-state index is 11.3. The van der Waals surface area contributed by atoms with Crippen molar-refractivity contribution >= 4 is 15.8 Å². The number of nitrogens with zero attached hydrogens (tertiary/aromatic N) is 1. The minimum atomic E-state index is -3.15. The van der Waals surface area contributed by atoms with E-state index in [-0.39, 0.29) is 5.75 Å². The number of aromatic nitrogens is 1. The van der Waals surface area contributed by atoms with Gasteiger partial charge in [-0.1, -0.05) is 13.0 Å². The highest BCUT2D eigenvalue weighted by Crippen LogP contribution is 2.03. The molecule has 1 heterocycles. The maximum Gasteiger partial charge on any atom is 0.213 e. The lowest BCUT2D eigenvalue weighted by Crippen LogP contribution is -2.29. The molecule has 0 radical (unpaired) electrons. The molecule has 1 aromatic heterocycles. The van der Waals surface area contributed by atoms with Gasteiger partial charge in [0.05, 0.1) is 5.75 Å². The maximum absolute atomic E-state index is 11.3. The summed E-state index contributed by atoms with van der Waals surface area (Å²) in [6.07, 6.45) is 1.74. The zero-order valence-electron chi connectivity index (χ0n) is 9.53. The summed E-state index contributed by atoms with van der Waals surface area (Å²) in [6.45, 7) is 4.48. The molecule has 0 aliphatic rings. The summed E-state index contributed by atoms with van der Waals surface area (Å²) in [6, 6.07) is 3.75. The van der Waals surface area contributed by atoms with Gasteiger partial charge in [0.1, 0.15) is 5.82 Å². The van der Waals surface area contributed by atoms with Crippen LogP contribution in [-0.4, -0.2) is 32.2 Å². The lowest BCUT2D eigenvalue weighted by atomic mass is 10.3. The molecule has 2 N–H and O–H groups in total. The topological polar surface area (TPSA) is 71.1 Å². The molecule has 0 bridgehead atoms. The largest absolute Gasteiger partial charge is 0.369 e. The fourth-order valence-corrected chi connectivity index (χ4v) is 2.13. The number of pyridine rings is 1. The lowest BCUT2D eigenvalue weighted by Gasteiger charge is -2.06. The molecule has 0 spiro atoms. The van der Waals surface area contributed by atoms with E-state index in [9.17, 15) is 8.42 Å². The average Bonchev–Trinajstić information content (AvgIpc) is 2.20. The molecule has 16 heavy (non-hydrogen) atoms. The second-order valence-electron chi connectivity index (χ2n) is 3.46. The summed E-state index contributed by atoms with van der Waals surface area (Å²) in [5.41, 5.74) is 1.07. The lowest BCUT2D eigenvalue weighted by molar-refractivity contribution is 0.584. The van der Waals surface area contributed by atoms with Crippen LogP contribution in [0.5, 0.6) is 0 Å². The van der Waals surface area contributed by atoms with E-state index in [0.29, 0.717) is 18.9 Å². The molecule has 1 aromatic rings. The van der Waals surface area contributed by atoms with Crippen LogP contribution in [0.25, 0.3) is 0 Å². The Bertz CT molecular complexity index is 414. The van der Waals surface area contributed by atoms with Gasteiger partial charge in [-0.3, -0.25) is 0 Å². The predicted molar refractivity (Wildman–Crippen MR) is 64.9 cm³/mol. The van der Waals surface area contributed by atoms with Crippen LogP contribution in [0, 0.1) is 6.92 Å². The first kappa shape index (κ1) is 12.9. The molecule has 0 aromatic carbocycles. The Labute approximate surface area is 96.3 Å². The Morgan fingerprint density at radius 3 is 2.69 bits per heavy atom. The molecule has 0 atom stereocenters. The fourth-order valence-electron chi connectivity index (χ4n) is 1.18. The molecule has 6 heteroatoms. The number of hydrogen-bond acceptors (Lipinski definition) is 4. The van der Waals surface area contributed by atoms with Gasteiger partial charge in [-0.25, -0.2) is 18.1 Å². The molecule has 0 aliphatic carbocycles. The van der Waals surface area contributed by atoms with Crippen molar-refractivity contribution in [2.24, 2.45) is 0 Å². The van der Waals surface area contributed by atoms with Crippen LogP contribution >= 0.6 is 0 Å². The van der Waals surface area contributed by atoms with Gasteiger partial charge in [0.25, 0.3) is 0 Å². The van der Waals surface area contributed by atoms with Gasteiger partial charge < -0.3 is 5.32 Å². The number of hydrogen-bond donors (Lipinski definition) is 2. The van der Waals surface area contributed by atoms with Crippen molar-refractivity contribution in [2.75, 3.05) is 24.2 Å². The minimum Gasteiger partial charge on any atom is -0.369 e. The van der Waals surface area contributed by atoms with Crippen LogP contribution in [0.2, 0.25) is 0 Å². The molecule has 1 rings (SSSR count). The zero-order chi connectivity index (χ0) is 12.0. The van der Waals surface area contributed by atoms with E-state index in [2.05, 4.69) is 15.0 Å². The van der Waals surface area contributed by atoms with Crippen molar-refractivity contribution < 1.29 is 8.42 Å². The molecule has 0 fully saturated rings. The Balaban J connectivity index is 2.39. The number of sulfonamides is 1. The van der Waals surface area contributed by atoms with Crippen molar-refractivity contribution in [1.82, 2.24) is 9.71 Å². The molecular weight excluding hydrogens is 226 g/mol. The molecule has 0 amide bonds. The van der Waals surface area contributed by atoms with E-state index in [1.54, 1.807) is 13.1 Å². The Morgan fingerprint density at radius 2 is 2.12 bits per heavy atom. The van der Waals surface area contributed by atoms with Crippen LogP contribution < -0.4 is 10.0 Å². The number of rotatable bonds is 6. The molecule has 0 unspecified atom stereocenters. The van der Waals surface area contributed by atoms with E-state index < -0.39 is 10.0 Å². The van der Waals surface area contributed by atoms with Crippen molar-refractivity contribution in [3.63, 3.8) is 0 Å². The van der Waals surface area contributed by atoms with Gasteiger partial charge in [0.2, 0.25) is 10.0 Å². The summed E-state index contributed by atoms with van der Waals surface area (Å²) in [5, 5.41) is 2.96. The van der Waals surface area contributed by atoms with E-state index in [4.69, 9.17) is 0 Å². The highest BCUT2D eigenvalue weighted by Gasteiger charge is 2.07. The smallest absolute Gasteiger partial charge is 0.213 e. The molecule has 5 nitrogen and oxygen atoms in total. The van der Waals surface area contributed by atoms with Crippen LogP contribution in [0.1, 0.15) is 12.5 Å². The monoisotopic (exact) mass is 243 g/mol. The molecule has 0 saturated heterocycles. The first-order chi connectivity index (χ1) is 7.53. The third kappa shape index (κ3) is 4.59. The average molecular weight is 243 g/mol. The normalized spacial score (nSPS) is 11.4. The summed E-state index contributed by atoms with van der Waals surface area (Å²) >= 11 is 0. The quantitative estimate of drug-likeness (QED) is 0.773. The number of nitrogens with one attached hydrogen (secondary N) is 2. The first-order valence-electron chi connectivity index (χ1n) is 5.17. The highest BCUT2D eigenvalue weighted by atomic mass is 32.2. The van der Waals surface area contributed by atoms with Gasteiger partial charge in [-0.2, -0.15) is 0 Å². The van der Waals surface area contributed by atoms with Crippen LogP contribution in [0.15, 0.2) is 18.3 Å². The van der Waals surface area contributed by atoms with Gasteiger partial charge in [0.15, 0.2) is 0 Å². The minimum absolute atomic E-state index is 0.0520. The molecular formula is C10H17N3O2S. The Hall–Kier alpha value is -1.14. The number of anilines is 1. The predicted octanol–water partition coefficient (Wildman–Crippen LogP) is 0.741. The van der Waals surface area contributed by atoms with E-state index in [1.807, 2.05) is 19.1 Å². The van der Waals surface area contributed by atoms with Crippen molar-refractivity contribution in [3.05, 3.63) is 23.9 Å². The molecule has 90 valence electrons. The van der Waals surface area contributed by atoms with Gasteiger partial charge in [-0.05, 0) is 18.6 Å². The standard InChI is InChI=1S/C10H17N3O2S/c1-3-13-16(14,15)7-6-11-10-5-4-9(2)8-12-10/h4-5,8,13H,3,6-7H2,1-2H3,(H,11,12). The summed E-state index contributed by atoms with van der Waals surface area (Å²) in [5.74, 6) is 0.744. The third-order valence-electron chi connectivity index (χ3n) is 1.95. The second kappa shape index (κ2) is 5.81. The van der Waals surface area contributed by atoms with E-state index in [0.717, 1.165) is 5.56 Å². The van der Waals surface area contributed by atoms with Gasteiger partial charge >= 0.3 is 0 Å². The van der Waals surface area contributed by atoms with Crippen LogP contribution in [0.4, 0.5) is 5.82 Å². The zero-order valence-corrected chi connectivity index (χ0v) is 10.3. The van der Waals surface area contributed by atoms with E-state index >= 15 is 0 Å². The van der Waals surface area contributed by atoms with Crippen molar-refractivity contribution in [3.8, 4) is 0 Å². The molecule has 0 aliphatic heterocycles. The van der Waals surface area contributed by atoms with Gasteiger partial charge in [-0.15, -0.1) is 0 Å². The first-order valence-corrected chi connectivity index (χ1v) is 6.82. The summed E-state index contributed by atoms with van der Waals surface area (Å²) in [4.78, 5) is 4.12. The third-order valence-corrected chi connectivity index (χ3v) is 3.42. The number of aryl methyl sites for hydroxylation is 1.